The first-order chi connectivity index (χ1) is 99.4. The molecule has 0 radical (unpaired) electrons. The van der Waals surface area contributed by atoms with Gasteiger partial charge in [0.25, 0.3) is 0 Å². The highest BCUT2D eigenvalue weighted by Gasteiger charge is 2.23. The average Bonchev–Trinajstić information content (AvgIpc) is 0.681. The first-order valence-corrected chi connectivity index (χ1v) is 47.4. The minimum atomic E-state index is -1.14. The van der Waals surface area contributed by atoms with Crippen molar-refractivity contribution in [2.45, 2.75) is 0 Å². The van der Waals surface area contributed by atoms with Crippen LogP contribution >= 0.6 is 0 Å². The normalized spacial score (nSPS) is 17.6. The monoisotopic (exact) mass is 1950 g/mol. The minimum Gasteiger partial charge on any atom is -0.0610 e. The number of rotatable bonds is 12. The molecule has 0 N–H and O–H groups in total. The SMILES string of the molecule is [2H]c1c([2H])c(-c2c([2H])c([2H])c([2H])c(-c3c([2H])c([2H])c4c([2H])c([2H])c5c([2H])c([2H])c([2H])c6c([2H])c([2H])c3c4c56)c2[2H])c([2H])c(-c2c([2H])c([2H])c([2H])c(-c3c([2H])c([2H])c4c([2H])c([2H])c5c([2H])c([2H])c([2H])c6c([2H])c([2H])c3c4c56)c2[2H])c1[2H].[2H]c1c([2H])c(-c2c([2H])c([2H])c([2H])c(-c3ccc4ccc5cccc6ccc3c4c56)c2[2H])c([2H])c(-c2c([2H])c([2H])c([2H])c(-c3ccc4ccc5cccc6ccc3c4c56)c2[2H])c1[2H].[2H]c1c([2H])c2c([2H])c([2H])c3c([2H])c([2H])c(-c4cccc(-c5cccc(-c6cccc(-c7c([2H])c([2H])c8c([2H])c([2H])c9c([2H])c([2H])c([2H])c%10c([2H])c([2H])c7c8c9%10)c6)c5)c4)c4c([2H])c([2H])c(c1[2H])c2c34. The maximum absolute atomic E-state index is 9.74. The first kappa shape index (κ1) is 45.0. The van der Waals surface area contributed by atoms with E-state index < -0.39 is 437 Å². The third kappa shape index (κ3) is 13.8. The Balaban J connectivity index is 0.000000130. The molecule has 0 fully saturated rings. The highest BCUT2D eigenvalue weighted by molar-refractivity contribution is 6.32. The summed E-state index contributed by atoms with van der Waals surface area (Å²) in [4.78, 5) is 0. The lowest BCUT2D eigenvalue weighted by Gasteiger charge is -2.15. The molecule has 0 unspecified atom stereocenters. The Labute approximate surface area is 951 Å². The molecule has 0 heterocycles. The number of hydrogen-bond acceptors (Lipinski definition) is 0. The Kier molecular flexibility index (Phi) is 10.2. The van der Waals surface area contributed by atoms with Gasteiger partial charge in [-0.05, 0) is 382 Å². The fourth-order valence-corrected chi connectivity index (χ4v) is 21.1. The van der Waals surface area contributed by atoms with E-state index in [2.05, 4.69) is 0 Å². The van der Waals surface area contributed by atoms with Crippen molar-refractivity contribution >= 4 is 194 Å². The van der Waals surface area contributed by atoms with E-state index in [1.165, 1.54) is 0 Å². The van der Waals surface area contributed by atoms with Crippen molar-refractivity contribution in [3.8, 4) is 134 Å². The molecule has 0 spiro atoms. The van der Waals surface area contributed by atoms with Gasteiger partial charge >= 0.3 is 0 Å². The van der Waals surface area contributed by atoms with Crippen molar-refractivity contribution in [1.82, 2.24) is 0 Å². The van der Waals surface area contributed by atoms with E-state index in [-0.39, 0.29) is 144 Å². The maximum atomic E-state index is 9.74. The summed E-state index contributed by atoms with van der Waals surface area (Å²) in [7, 11) is 0. The lowest BCUT2D eigenvalue weighted by molar-refractivity contribution is 1.58. The molecule has 690 valence electrons. The second-order valence-corrected chi connectivity index (χ2v) is 36.2. The van der Waals surface area contributed by atoms with E-state index >= 15 is 0 Å². The highest BCUT2D eigenvalue weighted by atomic mass is 14.3. The summed E-state index contributed by atoms with van der Waals surface area (Å²) in [6.07, 6.45) is 0. The fraction of sp³-hybridized carbons (Fsp3) is 0. The Morgan fingerprint density at radius 1 is 0.100 bits per heavy atom. The van der Waals surface area contributed by atoms with Crippen LogP contribution in [0.3, 0.4) is 0 Å². The molecule has 0 aliphatic rings. The van der Waals surface area contributed by atoms with Gasteiger partial charge in [0.05, 0.1) is 82.2 Å². The van der Waals surface area contributed by atoms with Gasteiger partial charge in [-0.3, -0.25) is 0 Å². The van der Waals surface area contributed by atoms with Crippen molar-refractivity contribution in [3.05, 3.63) is 545 Å². The van der Waals surface area contributed by atoms with Crippen LogP contribution in [-0.2, 0) is 0 Å². The van der Waals surface area contributed by atoms with Crippen LogP contribution in [-0.4, -0.2) is 0 Å². The van der Waals surface area contributed by atoms with E-state index in [0.717, 1.165) is 53.9 Å². The summed E-state index contributed by atoms with van der Waals surface area (Å²) < 4.78 is 544. The molecule has 0 amide bonds. The number of benzene rings is 33. The molecule has 0 aliphatic carbocycles. The Hall–Kier alpha value is -19.5. The molecular formula is C150H90. The summed E-state index contributed by atoms with van der Waals surface area (Å²) in [6, 6.07) is 14.6. The van der Waals surface area contributed by atoms with Crippen LogP contribution in [0.25, 0.3) is 327 Å². The zero-order valence-electron chi connectivity index (χ0n) is 137. The fourth-order valence-electron chi connectivity index (χ4n) is 21.1. The lowest BCUT2D eigenvalue weighted by atomic mass is 9.88. The van der Waals surface area contributed by atoms with Gasteiger partial charge in [-0.15, -0.1) is 0 Å². The second kappa shape index (κ2) is 34.1. The van der Waals surface area contributed by atoms with Crippen LogP contribution in [0.15, 0.2) is 545 Å². The van der Waals surface area contributed by atoms with Crippen molar-refractivity contribution in [2.75, 3.05) is 0 Å². The van der Waals surface area contributed by atoms with E-state index in [0.29, 0.717) is 55.3 Å². The van der Waals surface area contributed by atoms with E-state index in [1.807, 2.05) is 133 Å². The van der Waals surface area contributed by atoms with Crippen molar-refractivity contribution in [1.29, 1.82) is 0 Å². The van der Waals surface area contributed by atoms with Gasteiger partial charge in [-0.25, -0.2) is 0 Å². The van der Waals surface area contributed by atoms with Crippen LogP contribution in [0.2, 0.25) is 0 Å². The Bertz CT molecular complexity index is 14400. The highest BCUT2D eigenvalue weighted by Crippen LogP contribution is 2.51. The molecule has 0 saturated carbocycles. The van der Waals surface area contributed by atoms with E-state index in [4.69, 9.17) is 52.1 Å². The standard InChI is InChI=1S/3C50H30/c3*1-6-31-16-18-35-20-24-43(45-26-22-33(8-1)47(31)49(35)45)41-14-4-12-39(29-41)37-10-3-11-38(28-37)40-13-5-15-42(30-40)44-25-21-36-19-17-32-7-2-9-34-23-27-46(44)50(36)48(32)34/h3*1-30H/i1D,2D,3D,4D,5D,6D,7D,8D,9D,10D,11D,12D,13D,14D,15D,16D,17D,18D,19D,20D,21D,22D,23D,24D,25D,26D,27D,28D,29D,30D;1D,2D,6D,7D,8D,9D,16D,17D,18D,19D,20D,21D,22D,23D,24D,25D,26D,27D;3D,4D,5D,10D,11D,12D,13D,14D,15D,28D,29D,30D. The molecule has 0 aromatic heterocycles. The summed E-state index contributed by atoms with van der Waals surface area (Å²) in [5.41, 5.74) is -3.88. The third-order valence-electron chi connectivity index (χ3n) is 27.9. The Morgan fingerprint density at radius 2 is 0.273 bits per heavy atom. The molecule has 0 heteroatoms. The van der Waals surface area contributed by atoms with Crippen molar-refractivity contribution < 1.29 is 82.2 Å². The zero-order valence-corrected chi connectivity index (χ0v) is 77.3. The van der Waals surface area contributed by atoms with Crippen LogP contribution < -0.4 is 0 Å². The zero-order chi connectivity index (χ0) is 150. The van der Waals surface area contributed by atoms with Crippen LogP contribution in [0.1, 0.15) is 82.2 Å². The molecule has 150 heavy (non-hydrogen) atoms. The lowest BCUT2D eigenvalue weighted by Crippen LogP contribution is -1.88. The second-order valence-electron chi connectivity index (χ2n) is 36.2. The van der Waals surface area contributed by atoms with Gasteiger partial charge in [-0.1, -0.05) is 490 Å². The van der Waals surface area contributed by atoms with Gasteiger partial charge in [-0.2, -0.15) is 0 Å². The van der Waals surface area contributed by atoms with E-state index in [1.54, 1.807) is 48.5 Å². The van der Waals surface area contributed by atoms with Gasteiger partial charge in [0, 0.05) is 0 Å². The molecule has 33 rings (SSSR count). The van der Waals surface area contributed by atoms with Crippen LogP contribution in [0, 0.1) is 0 Å². The van der Waals surface area contributed by atoms with Gasteiger partial charge in [0.2, 0.25) is 0 Å². The smallest absolute Gasteiger partial charge is 0.0610 e. The van der Waals surface area contributed by atoms with E-state index in [9.17, 15) is 30.2 Å². The summed E-state index contributed by atoms with van der Waals surface area (Å²) in [6.45, 7) is 0. The topological polar surface area (TPSA) is 0 Å². The predicted molar refractivity (Wildman–Crippen MR) is 647 cm³/mol. The molecule has 0 saturated heterocycles. The Morgan fingerprint density at radius 3 is 0.553 bits per heavy atom. The van der Waals surface area contributed by atoms with Crippen LogP contribution in [0.5, 0.6) is 0 Å². The maximum Gasteiger partial charge on any atom is 0.0636 e. The molecule has 0 bridgehead atoms. The summed E-state index contributed by atoms with van der Waals surface area (Å²) in [5, 5.41) is 5.71. The molecule has 33 aromatic carbocycles. The largest absolute Gasteiger partial charge is 0.0636 e. The molecule has 0 aliphatic heterocycles. The van der Waals surface area contributed by atoms with Gasteiger partial charge in [0.1, 0.15) is 0 Å². The third-order valence-corrected chi connectivity index (χ3v) is 27.9. The summed E-state index contributed by atoms with van der Waals surface area (Å²) in [5.74, 6) is 0. The average molecular weight is 1950 g/mol. The first-order valence-electron chi connectivity index (χ1n) is 77.4. The number of hydrogen-bond donors (Lipinski definition) is 0. The van der Waals surface area contributed by atoms with Gasteiger partial charge < -0.3 is 0 Å². The molecular weight excluding hydrogens is 1800 g/mol. The minimum absolute atomic E-state index is 0.00794. The molecule has 33 aromatic rings. The van der Waals surface area contributed by atoms with Crippen molar-refractivity contribution in [2.24, 2.45) is 0 Å². The molecule has 0 nitrogen and oxygen atoms in total. The van der Waals surface area contributed by atoms with Crippen LogP contribution in [0.4, 0.5) is 0 Å². The van der Waals surface area contributed by atoms with Gasteiger partial charge in [0.15, 0.2) is 0 Å². The summed E-state index contributed by atoms with van der Waals surface area (Å²) >= 11 is 0. The van der Waals surface area contributed by atoms with Crippen molar-refractivity contribution in [3.63, 3.8) is 0 Å². The quantitative estimate of drug-likeness (QED) is 0.107. The molecule has 0 atom stereocenters. The predicted octanol–water partition coefficient (Wildman–Crippen LogP) is 42.4.